The lowest BCUT2D eigenvalue weighted by Gasteiger charge is -2.70. The van der Waals surface area contributed by atoms with Crippen molar-refractivity contribution in [1.29, 1.82) is 0 Å². The minimum Gasteiger partial charge on any atom is -0.455 e. The molecule has 0 heterocycles. The molecule has 3 rings (SSSR count). The van der Waals surface area contributed by atoms with E-state index in [-0.39, 0.29) is 19.3 Å². The van der Waals surface area contributed by atoms with Crippen LogP contribution in [0.4, 0.5) is 0 Å². The predicted octanol–water partition coefficient (Wildman–Crippen LogP) is 0.153. The Morgan fingerprint density at radius 2 is 1.27 bits per heavy atom. The topological polar surface area (TPSA) is 146 Å². The fraction of sp³-hybridized carbons (Fsp3) is 0.800. The average molecular weight is 428 g/mol. The monoisotopic (exact) mass is 428 g/mol. The second-order valence-corrected chi connectivity index (χ2v) is 8.41. The van der Waals surface area contributed by atoms with Gasteiger partial charge in [0.2, 0.25) is 0 Å². The third-order valence-corrected chi connectivity index (χ3v) is 6.64. The molecule has 30 heavy (non-hydrogen) atoms. The molecule has 0 aliphatic heterocycles. The van der Waals surface area contributed by atoms with Crippen LogP contribution in [0.1, 0.15) is 59.8 Å². The van der Waals surface area contributed by atoms with E-state index in [4.69, 9.17) is 18.9 Å². The van der Waals surface area contributed by atoms with Gasteiger partial charge in [-0.1, -0.05) is 6.42 Å². The lowest BCUT2D eigenvalue weighted by molar-refractivity contribution is -0.385. The van der Waals surface area contributed by atoms with Crippen LogP contribution < -0.4 is 0 Å². The van der Waals surface area contributed by atoms with Gasteiger partial charge >= 0.3 is 23.9 Å². The van der Waals surface area contributed by atoms with Crippen LogP contribution in [0.5, 0.6) is 0 Å². The van der Waals surface area contributed by atoms with E-state index in [1.807, 2.05) is 0 Å². The number of aliphatic hydroxyl groups is 2. The maximum atomic E-state index is 12.1. The lowest BCUT2D eigenvalue weighted by Crippen LogP contribution is -2.88. The summed E-state index contributed by atoms with van der Waals surface area (Å²) in [6.45, 7) is 4.58. The molecule has 0 aromatic heterocycles. The molecule has 3 fully saturated rings. The molecule has 10 nitrogen and oxygen atoms in total. The highest BCUT2D eigenvalue weighted by Crippen LogP contribution is 2.65. The van der Waals surface area contributed by atoms with E-state index in [0.29, 0.717) is 12.8 Å². The molecule has 3 aliphatic rings. The molecule has 10 heteroatoms. The Bertz CT molecular complexity index is 765. The summed E-state index contributed by atoms with van der Waals surface area (Å²) >= 11 is 0. The van der Waals surface area contributed by atoms with E-state index in [9.17, 15) is 29.4 Å². The van der Waals surface area contributed by atoms with E-state index in [1.165, 1.54) is 6.92 Å². The largest absolute Gasteiger partial charge is 0.455 e. The molecule has 0 bridgehead atoms. The van der Waals surface area contributed by atoms with Crippen LogP contribution >= 0.6 is 0 Å². The van der Waals surface area contributed by atoms with Crippen molar-refractivity contribution < 1.29 is 48.3 Å². The minimum absolute atomic E-state index is 0.151. The molecule has 168 valence electrons. The molecule has 0 radical (unpaired) electrons. The minimum atomic E-state index is -2.08. The standard InChI is InChI=1S/C20H28O10/c1-10(21)27-16-17(28-11(2)22)20(26)14(6-5-7-15(20)25)18(29-12(3)23)8-9-19(16,18)30-13(4)24/h14-17,25-26H,5-9H2,1-4H3/t14?,15-,16+,17-,18-,19+,20?/m1/s1. The van der Waals surface area contributed by atoms with Crippen molar-refractivity contribution in [3.8, 4) is 0 Å². The van der Waals surface area contributed by atoms with Crippen LogP contribution in [-0.4, -0.2) is 69.2 Å². The van der Waals surface area contributed by atoms with Crippen LogP contribution in [0.15, 0.2) is 0 Å². The molecule has 0 aromatic rings. The van der Waals surface area contributed by atoms with Crippen molar-refractivity contribution in [2.45, 2.75) is 94.9 Å². The summed E-state index contributed by atoms with van der Waals surface area (Å²) in [4.78, 5) is 48.0. The normalized spacial score (nSPS) is 41.9. The molecule has 0 amide bonds. The Morgan fingerprint density at radius 1 is 0.767 bits per heavy atom. The summed E-state index contributed by atoms with van der Waals surface area (Å²) in [5, 5.41) is 22.6. The van der Waals surface area contributed by atoms with Gasteiger partial charge in [0.1, 0.15) is 5.60 Å². The third kappa shape index (κ3) is 3.08. The first-order valence-corrected chi connectivity index (χ1v) is 10.0. The van der Waals surface area contributed by atoms with Gasteiger partial charge in [0.05, 0.1) is 6.10 Å². The molecular weight excluding hydrogens is 400 g/mol. The fourth-order valence-electron chi connectivity index (χ4n) is 5.75. The van der Waals surface area contributed by atoms with Crippen LogP contribution in [0, 0.1) is 5.92 Å². The average Bonchev–Trinajstić information content (AvgIpc) is 2.60. The number of carbonyl (C=O) groups excluding carboxylic acids is 4. The first-order valence-electron chi connectivity index (χ1n) is 10.0. The molecule has 3 saturated carbocycles. The molecule has 0 saturated heterocycles. The fourth-order valence-corrected chi connectivity index (χ4v) is 5.75. The van der Waals surface area contributed by atoms with Crippen molar-refractivity contribution in [1.82, 2.24) is 0 Å². The van der Waals surface area contributed by atoms with Crippen molar-refractivity contribution in [3.63, 3.8) is 0 Å². The Morgan fingerprint density at radius 3 is 1.73 bits per heavy atom. The van der Waals surface area contributed by atoms with Gasteiger partial charge in [0, 0.05) is 33.6 Å². The van der Waals surface area contributed by atoms with Gasteiger partial charge in [-0.25, -0.2) is 0 Å². The highest BCUT2D eigenvalue weighted by Gasteiger charge is 2.83. The quantitative estimate of drug-likeness (QED) is 0.469. The van der Waals surface area contributed by atoms with Crippen LogP contribution in [0.2, 0.25) is 0 Å². The van der Waals surface area contributed by atoms with E-state index >= 15 is 0 Å². The van der Waals surface area contributed by atoms with Crippen LogP contribution in [0.25, 0.3) is 0 Å². The molecular formula is C20H28O10. The van der Waals surface area contributed by atoms with E-state index in [0.717, 1.165) is 20.8 Å². The zero-order valence-corrected chi connectivity index (χ0v) is 17.5. The molecule has 7 atom stereocenters. The maximum Gasteiger partial charge on any atom is 0.303 e. The summed E-state index contributed by atoms with van der Waals surface area (Å²) in [6.07, 6.45) is -2.97. The molecule has 0 aromatic carbocycles. The molecule has 2 unspecified atom stereocenters. The van der Waals surface area contributed by atoms with E-state index in [2.05, 4.69) is 0 Å². The van der Waals surface area contributed by atoms with Crippen molar-refractivity contribution in [2.24, 2.45) is 5.92 Å². The Labute approximate surface area is 173 Å². The first-order chi connectivity index (χ1) is 13.9. The second-order valence-electron chi connectivity index (χ2n) is 8.41. The maximum absolute atomic E-state index is 12.1. The number of fused-ring (bicyclic) bond motifs is 3. The van der Waals surface area contributed by atoms with Crippen LogP contribution in [0.3, 0.4) is 0 Å². The highest BCUT2D eigenvalue weighted by atomic mass is 16.7. The number of hydrogen-bond acceptors (Lipinski definition) is 10. The van der Waals surface area contributed by atoms with Gasteiger partial charge in [0.15, 0.2) is 23.4 Å². The summed E-state index contributed by atoms with van der Waals surface area (Å²) < 4.78 is 22.2. The second kappa shape index (κ2) is 7.49. The van der Waals surface area contributed by atoms with Gasteiger partial charge in [-0.2, -0.15) is 0 Å². The number of ether oxygens (including phenoxy) is 4. The molecule has 2 N–H and O–H groups in total. The van der Waals surface area contributed by atoms with Crippen molar-refractivity contribution in [2.75, 3.05) is 0 Å². The summed E-state index contributed by atoms with van der Waals surface area (Å²) in [6, 6.07) is 0. The van der Waals surface area contributed by atoms with Gasteiger partial charge in [0.25, 0.3) is 0 Å². The summed E-state index contributed by atoms with van der Waals surface area (Å²) in [5.74, 6) is -3.87. The van der Waals surface area contributed by atoms with Gasteiger partial charge in [-0.05, 0) is 25.7 Å². The SMILES string of the molecule is CC(=O)O[C@@H]1[C@H](OC(C)=O)[C@@]2(OC(C)=O)CC[C@@]2(OC(C)=O)C2CCC[C@@H](O)C21O. The number of rotatable bonds is 4. The predicted molar refractivity (Wildman–Crippen MR) is 97.6 cm³/mol. The van der Waals surface area contributed by atoms with Crippen molar-refractivity contribution >= 4 is 23.9 Å². The molecule has 0 spiro atoms. The Kier molecular flexibility index (Phi) is 5.61. The van der Waals surface area contributed by atoms with Gasteiger partial charge in [-0.3, -0.25) is 19.2 Å². The lowest BCUT2D eigenvalue weighted by atomic mass is 9.44. The smallest absolute Gasteiger partial charge is 0.303 e. The van der Waals surface area contributed by atoms with Crippen molar-refractivity contribution in [3.05, 3.63) is 0 Å². The third-order valence-electron chi connectivity index (χ3n) is 6.64. The number of carbonyl (C=O) groups is 4. The number of hydrogen-bond donors (Lipinski definition) is 2. The number of esters is 4. The Hall–Kier alpha value is -2.20. The van der Waals surface area contributed by atoms with E-state index in [1.54, 1.807) is 0 Å². The summed E-state index contributed by atoms with van der Waals surface area (Å²) in [5.41, 5.74) is -5.29. The van der Waals surface area contributed by atoms with Gasteiger partial charge < -0.3 is 29.2 Å². The summed E-state index contributed by atoms with van der Waals surface area (Å²) in [7, 11) is 0. The Balaban J connectivity index is 2.27. The van der Waals surface area contributed by atoms with Gasteiger partial charge in [-0.15, -0.1) is 0 Å². The zero-order chi connectivity index (χ0) is 22.5. The number of aliphatic hydroxyl groups excluding tert-OH is 1. The highest BCUT2D eigenvalue weighted by molar-refractivity contribution is 5.71. The zero-order valence-electron chi connectivity index (χ0n) is 17.5. The first kappa shape index (κ1) is 22.5. The molecule has 3 aliphatic carbocycles. The van der Waals surface area contributed by atoms with E-state index < -0.39 is 64.9 Å². The van der Waals surface area contributed by atoms with Crippen LogP contribution in [-0.2, 0) is 38.1 Å².